The summed E-state index contributed by atoms with van der Waals surface area (Å²) in [7, 11) is 0. The van der Waals surface area contributed by atoms with Crippen LogP contribution >= 0.6 is 22.9 Å². The number of rotatable bonds is 5. The second kappa shape index (κ2) is 7.81. The molecular formula is C18H19ClN2O2S. The molecule has 0 saturated carbocycles. The Balaban J connectivity index is 1.42. The van der Waals surface area contributed by atoms with Gasteiger partial charge in [-0.3, -0.25) is 9.59 Å². The van der Waals surface area contributed by atoms with E-state index in [2.05, 4.69) is 16.8 Å². The minimum atomic E-state index is -0.114. The smallest absolute Gasteiger partial charge is 0.223 e. The predicted molar refractivity (Wildman–Crippen MR) is 96.0 cm³/mol. The lowest BCUT2D eigenvalue weighted by Crippen LogP contribution is -2.36. The van der Waals surface area contributed by atoms with Gasteiger partial charge in [-0.15, -0.1) is 11.3 Å². The van der Waals surface area contributed by atoms with Crippen LogP contribution in [-0.2, 0) is 29.1 Å². The van der Waals surface area contributed by atoms with Crippen LogP contribution in [0, 0.1) is 0 Å². The SMILES string of the molecule is O=C(CCC(=O)N1CCc2sccc2C1)NCc1cccc(Cl)c1. The third kappa shape index (κ3) is 4.36. The first-order valence-corrected chi connectivity index (χ1v) is 9.22. The van der Waals surface area contributed by atoms with E-state index in [4.69, 9.17) is 11.6 Å². The summed E-state index contributed by atoms with van der Waals surface area (Å²) in [5, 5.41) is 5.55. The number of thiophene rings is 1. The number of benzene rings is 1. The molecule has 0 bridgehead atoms. The average molecular weight is 363 g/mol. The lowest BCUT2D eigenvalue weighted by atomic mass is 10.1. The summed E-state index contributed by atoms with van der Waals surface area (Å²) in [6.45, 7) is 1.84. The average Bonchev–Trinajstić information content (AvgIpc) is 3.05. The lowest BCUT2D eigenvalue weighted by Gasteiger charge is -2.27. The molecule has 3 rings (SSSR count). The van der Waals surface area contributed by atoms with Crippen molar-refractivity contribution in [3.05, 3.63) is 56.7 Å². The molecule has 4 nitrogen and oxygen atoms in total. The van der Waals surface area contributed by atoms with Crippen molar-refractivity contribution in [2.24, 2.45) is 0 Å². The van der Waals surface area contributed by atoms with E-state index in [0.717, 1.165) is 18.5 Å². The van der Waals surface area contributed by atoms with Crippen LogP contribution in [0.1, 0.15) is 28.8 Å². The predicted octanol–water partition coefficient (Wildman–Crippen LogP) is 3.38. The molecule has 0 spiro atoms. The van der Waals surface area contributed by atoms with Gasteiger partial charge >= 0.3 is 0 Å². The number of halogens is 1. The molecule has 1 N–H and O–H groups in total. The number of carbonyl (C=O) groups is 2. The van der Waals surface area contributed by atoms with Crippen molar-refractivity contribution in [2.45, 2.75) is 32.4 Å². The Hall–Kier alpha value is -1.85. The van der Waals surface area contributed by atoms with Gasteiger partial charge in [-0.1, -0.05) is 23.7 Å². The van der Waals surface area contributed by atoms with Gasteiger partial charge in [-0.25, -0.2) is 0 Å². The fraction of sp³-hybridized carbons (Fsp3) is 0.333. The van der Waals surface area contributed by atoms with E-state index in [-0.39, 0.29) is 24.7 Å². The highest BCUT2D eigenvalue weighted by Crippen LogP contribution is 2.24. The molecule has 0 atom stereocenters. The van der Waals surface area contributed by atoms with Crippen LogP contribution in [0.3, 0.4) is 0 Å². The van der Waals surface area contributed by atoms with Crippen LogP contribution in [0.4, 0.5) is 0 Å². The molecule has 0 radical (unpaired) electrons. The van der Waals surface area contributed by atoms with Crippen molar-refractivity contribution in [3.63, 3.8) is 0 Å². The van der Waals surface area contributed by atoms with E-state index in [9.17, 15) is 9.59 Å². The van der Waals surface area contributed by atoms with E-state index < -0.39 is 0 Å². The topological polar surface area (TPSA) is 49.4 Å². The number of hydrogen-bond donors (Lipinski definition) is 1. The van der Waals surface area contributed by atoms with Crippen molar-refractivity contribution >= 4 is 34.8 Å². The fourth-order valence-corrected chi connectivity index (χ4v) is 3.88. The lowest BCUT2D eigenvalue weighted by molar-refractivity contribution is -0.134. The number of nitrogens with one attached hydrogen (secondary N) is 1. The second-order valence-electron chi connectivity index (χ2n) is 5.84. The fourth-order valence-electron chi connectivity index (χ4n) is 2.78. The van der Waals surface area contributed by atoms with Crippen molar-refractivity contribution in [1.82, 2.24) is 10.2 Å². The highest BCUT2D eigenvalue weighted by Gasteiger charge is 2.21. The molecule has 0 unspecified atom stereocenters. The number of nitrogens with zero attached hydrogens (tertiary/aromatic N) is 1. The first-order valence-electron chi connectivity index (χ1n) is 7.96. The molecule has 6 heteroatoms. The molecule has 1 aliphatic rings. The van der Waals surface area contributed by atoms with E-state index >= 15 is 0 Å². The Labute approximate surface area is 150 Å². The van der Waals surface area contributed by atoms with Crippen LogP contribution in [0.2, 0.25) is 5.02 Å². The van der Waals surface area contributed by atoms with E-state index in [0.29, 0.717) is 18.1 Å². The van der Waals surface area contributed by atoms with Gasteiger partial charge in [0, 0.05) is 42.4 Å². The Morgan fingerprint density at radius 3 is 2.96 bits per heavy atom. The summed E-state index contributed by atoms with van der Waals surface area (Å²) >= 11 is 7.67. The maximum Gasteiger partial charge on any atom is 0.223 e. The third-order valence-electron chi connectivity index (χ3n) is 4.11. The molecule has 2 amide bonds. The van der Waals surface area contributed by atoms with E-state index in [1.165, 1.54) is 10.4 Å². The Bertz CT molecular complexity index is 744. The Kier molecular flexibility index (Phi) is 5.53. The van der Waals surface area contributed by atoms with Crippen molar-refractivity contribution < 1.29 is 9.59 Å². The zero-order valence-corrected chi connectivity index (χ0v) is 14.8. The van der Waals surface area contributed by atoms with Gasteiger partial charge < -0.3 is 10.2 Å². The van der Waals surface area contributed by atoms with Crippen molar-refractivity contribution in [3.8, 4) is 0 Å². The summed E-state index contributed by atoms with van der Waals surface area (Å²) in [6.07, 6.45) is 1.38. The first-order chi connectivity index (χ1) is 11.6. The monoisotopic (exact) mass is 362 g/mol. The summed E-state index contributed by atoms with van der Waals surface area (Å²) in [4.78, 5) is 27.4. The molecule has 24 heavy (non-hydrogen) atoms. The molecule has 1 aromatic carbocycles. The number of carbonyl (C=O) groups excluding carboxylic acids is 2. The minimum absolute atomic E-state index is 0.0461. The largest absolute Gasteiger partial charge is 0.352 e. The van der Waals surface area contributed by atoms with Crippen LogP contribution in [0.15, 0.2) is 35.7 Å². The summed E-state index contributed by atoms with van der Waals surface area (Å²) in [6, 6.07) is 9.45. The summed E-state index contributed by atoms with van der Waals surface area (Å²) in [5.74, 6) is -0.0682. The standard InChI is InChI=1S/C18H19ClN2O2S/c19-15-3-1-2-13(10-15)11-20-17(22)4-5-18(23)21-8-6-16-14(12-21)7-9-24-16/h1-3,7,9-10H,4-6,8,11-12H2,(H,20,22). The summed E-state index contributed by atoms with van der Waals surface area (Å²) < 4.78 is 0. The normalized spacial score (nSPS) is 13.5. The Morgan fingerprint density at radius 2 is 2.12 bits per heavy atom. The third-order valence-corrected chi connectivity index (χ3v) is 5.36. The molecule has 2 aromatic rings. The van der Waals surface area contributed by atoms with Gasteiger partial charge in [-0.2, -0.15) is 0 Å². The molecule has 0 aliphatic carbocycles. The molecule has 2 heterocycles. The van der Waals surface area contributed by atoms with Crippen molar-refractivity contribution in [2.75, 3.05) is 6.54 Å². The molecule has 0 saturated heterocycles. The Morgan fingerprint density at radius 1 is 1.25 bits per heavy atom. The van der Waals surface area contributed by atoms with Crippen LogP contribution in [-0.4, -0.2) is 23.3 Å². The van der Waals surface area contributed by atoms with Crippen LogP contribution in [0.25, 0.3) is 0 Å². The van der Waals surface area contributed by atoms with Gasteiger partial charge in [0.15, 0.2) is 0 Å². The molecular weight excluding hydrogens is 344 g/mol. The molecule has 126 valence electrons. The number of amides is 2. The van der Waals surface area contributed by atoms with Crippen LogP contribution in [0.5, 0.6) is 0 Å². The zero-order valence-electron chi connectivity index (χ0n) is 13.3. The second-order valence-corrected chi connectivity index (χ2v) is 7.28. The summed E-state index contributed by atoms with van der Waals surface area (Å²) in [5.41, 5.74) is 2.19. The van der Waals surface area contributed by atoms with Gasteiger partial charge in [0.05, 0.1) is 0 Å². The number of fused-ring (bicyclic) bond motifs is 1. The van der Waals surface area contributed by atoms with Gasteiger partial charge in [0.25, 0.3) is 0 Å². The number of hydrogen-bond acceptors (Lipinski definition) is 3. The molecule has 1 aliphatic heterocycles. The van der Waals surface area contributed by atoms with Crippen molar-refractivity contribution in [1.29, 1.82) is 0 Å². The molecule has 0 fully saturated rings. The van der Waals surface area contributed by atoms with Crippen LogP contribution < -0.4 is 5.32 Å². The minimum Gasteiger partial charge on any atom is -0.352 e. The van der Waals surface area contributed by atoms with E-state index in [1.54, 1.807) is 17.4 Å². The van der Waals surface area contributed by atoms with Gasteiger partial charge in [-0.05, 0) is 41.1 Å². The van der Waals surface area contributed by atoms with Gasteiger partial charge in [0.1, 0.15) is 0 Å². The highest BCUT2D eigenvalue weighted by atomic mass is 35.5. The highest BCUT2D eigenvalue weighted by molar-refractivity contribution is 7.10. The maximum absolute atomic E-state index is 12.3. The zero-order chi connectivity index (χ0) is 16.9. The van der Waals surface area contributed by atoms with E-state index in [1.807, 2.05) is 23.1 Å². The maximum atomic E-state index is 12.3. The molecule has 1 aromatic heterocycles. The van der Waals surface area contributed by atoms with Gasteiger partial charge in [0.2, 0.25) is 11.8 Å². The quantitative estimate of drug-likeness (QED) is 0.886. The first kappa shape index (κ1) is 17.0.